The fourth-order valence-corrected chi connectivity index (χ4v) is 1.39. The fourth-order valence-electron chi connectivity index (χ4n) is 1.39. The number of ether oxygens (including phenoxy) is 1. The monoisotopic (exact) mass is 266 g/mol. The van der Waals surface area contributed by atoms with Gasteiger partial charge in [-0.25, -0.2) is 9.18 Å². The molecular formula is C14H19FN2O2. The zero-order valence-electron chi connectivity index (χ0n) is 11.4. The van der Waals surface area contributed by atoms with Gasteiger partial charge in [-0.15, -0.1) is 0 Å². The maximum absolute atomic E-state index is 13.2. The van der Waals surface area contributed by atoms with E-state index in [9.17, 15) is 9.18 Å². The van der Waals surface area contributed by atoms with Crippen LogP contribution in [0.2, 0.25) is 0 Å². The molecule has 0 saturated heterocycles. The van der Waals surface area contributed by atoms with Gasteiger partial charge in [0.1, 0.15) is 11.4 Å². The van der Waals surface area contributed by atoms with Gasteiger partial charge in [-0.2, -0.15) is 0 Å². The van der Waals surface area contributed by atoms with Gasteiger partial charge in [0.2, 0.25) is 0 Å². The number of benzene rings is 1. The summed E-state index contributed by atoms with van der Waals surface area (Å²) in [6.07, 6.45) is 2.74. The highest BCUT2D eigenvalue weighted by Gasteiger charge is 2.16. The third-order valence-electron chi connectivity index (χ3n) is 2.08. The molecule has 0 heterocycles. The predicted molar refractivity (Wildman–Crippen MR) is 74.3 cm³/mol. The van der Waals surface area contributed by atoms with Crippen molar-refractivity contribution in [2.24, 2.45) is 5.73 Å². The predicted octanol–water partition coefficient (Wildman–Crippen LogP) is 3.14. The molecule has 104 valence electrons. The van der Waals surface area contributed by atoms with E-state index in [4.69, 9.17) is 10.5 Å². The average Bonchev–Trinajstić information content (AvgIpc) is 2.27. The van der Waals surface area contributed by atoms with Crippen LogP contribution in [0.3, 0.4) is 0 Å². The number of carbonyl (C=O) groups is 1. The molecule has 5 heteroatoms. The van der Waals surface area contributed by atoms with Gasteiger partial charge in [0.25, 0.3) is 0 Å². The molecule has 1 rings (SSSR count). The van der Waals surface area contributed by atoms with Gasteiger partial charge in [-0.3, -0.25) is 5.32 Å². The summed E-state index contributed by atoms with van der Waals surface area (Å²) in [6.45, 7) is 5.65. The fraction of sp³-hybridized carbons (Fsp3) is 0.357. The number of amides is 1. The molecule has 4 nitrogen and oxygen atoms in total. The SMILES string of the molecule is CC(C)(C)OC(=O)Nc1ccc(F)cc1/C=C/CN. The van der Waals surface area contributed by atoms with Crippen LogP contribution in [0.1, 0.15) is 26.3 Å². The molecule has 0 aromatic heterocycles. The number of anilines is 1. The Morgan fingerprint density at radius 3 is 2.74 bits per heavy atom. The lowest BCUT2D eigenvalue weighted by atomic mass is 10.1. The zero-order valence-corrected chi connectivity index (χ0v) is 11.4. The number of nitrogens with one attached hydrogen (secondary N) is 1. The second kappa shape index (κ2) is 6.33. The van der Waals surface area contributed by atoms with E-state index >= 15 is 0 Å². The van der Waals surface area contributed by atoms with Crippen LogP contribution in [0.15, 0.2) is 24.3 Å². The maximum atomic E-state index is 13.2. The number of carbonyl (C=O) groups excluding carboxylic acids is 1. The van der Waals surface area contributed by atoms with Crippen molar-refractivity contribution in [3.63, 3.8) is 0 Å². The molecule has 0 aliphatic heterocycles. The minimum absolute atomic E-state index is 0.336. The van der Waals surface area contributed by atoms with Crippen LogP contribution in [-0.4, -0.2) is 18.2 Å². The van der Waals surface area contributed by atoms with Crippen LogP contribution < -0.4 is 11.1 Å². The van der Waals surface area contributed by atoms with Gasteiger partial charge in [0.05, 0.1) is 5.69 Å². The molecule has 0 fully saturated rings. The molecule has 1 aromatic carbocycles. The van der Waals surface area contributed by atoms with Gasteiger partial charge in [-0.05, 0) is 39.0 Å². The molecule has 1 amide bonds. The molecule has 0 aliphatic carbocycles. The summed E-state index contributed by atoms with van der Waals surface area (Å²) in [6, 6.07) is 4.07. The van der Waals surface area contributed by atoms with Crippen LogP contribution >= 0.6 is 0 Å². The van der Waals surface area contributed by atoms with Gasteiger partial charge in [0.15, 0.2) is 0 Å². The van der Waals surface area contributed by atoms with Gasteiger partial charge < -0.3 is 10.5 Å². The van der Waals surface area contributed by atoms with Crippen molar-refractivity contribution in [1.29, 1.82) is 0 Å². The topological polar surface area (TPSA) is 64.3 Å². The van der Waals surface area contributed by atoms with E-state index in [1.807, 2.05) is 0 Å². The Bertz CT molecular complexity index is 479. The molecule has 1 aromatic rings. The normalized spacial score (nSPS) is 11.6. The van der Waals surface area contributed by atoms with Crippen molar-refractivity contribution in [2.45, 2.75) is 26.4 Å². The summed E-state index contributed by atoms with van der Waals surface area (Å²) < 4.78 is 18.3. The largest absolute Gasteiger partial charge is 0.444 e. The summed E-state index contributed by atoms with van der Waals surface area (Å²) >= 11 is 0. The lowest BCUT2D eigenvalue weighted by molar-refractivity contribution is 0.0636. The Morgan fingerprint density at radius 2 is 2.16 bits per heavy atom. The first-order valence-corrected chi connectivity index (χ1v) is 5.98. The summed E-state index contributed by atoms with van der Waals surface area (Å²) in [4.78, 5) is 11.7. The number of rotatable bonds is 3. The first-order chi connectivity index (χ1) is 8.81. The molecule has 0 unspecified atom stereocenters. The third kappa shape index (κ3) is 5.52. The Hall–Kier alpha value is -1.88. The number of halogens is 1. The zero-order chi connectivity index (χ0) is 14.5. The van der Waals surface area contributed by atoms with Gasteiger partial charge in [0, 0.05) is 12.1 Å². The van der Waals surface area contributed by atoms with Crippen molar-refractivity contribution >= 4 is 17.9 Å². The van der Waals surface area contributed by atoms with E-state index in [0.29, 0.717) is 17.8 Å². The molecule has 0 radical (unpaired) electrons. The van der Waals surface area contributed by atoms with Crippen LogP contribution in [0, 0.1) is 5.82 Å². The number of hydrogen-bond acceptors (Lipinski definition) is 3. The summed E-state index contributed by atoms with van der Waals surface area (Å²) in [7, 11) is 0. The molecule has 0 bridgehead atoms. The quantitative estimate of drug-likeness (QED) is 0.883. The van der Waals surface area contributed by atoms with Crippen molar-refractivity contribution < 1.29 is 13.9 Å². The van der Waals surface area contributed by atoms with E-state index < -0.39 is 11.7 Å². The highest BCUT2D eigenvalue weighted by Crippen LogP contribution is 2.20. The molecule has 0 atom stereocenters. The first kappa shape index (κ1) is 15.2. The van der Waals surface area contributed by atoms with Crippen molar-refractivity contribution in [3.05, 3.63) is 35.7 Å². The van der Waals surface area contributed by atoms with Crippen LogP contribution in [0.25, 0.3) is 6.08 Å². The molecular weight excluding hydrogens is 247 g/mol. The Balaban J connectivity index is 2.88. The highest BCUT2D eigenvalue weighted by atomic mass is 19.1. The average molecular weight is 266 g/mol. The molecule has 3 N–H and O–H groups in total. The van der Waals surface area contributed by atoms with Crippen molar-refractivity contribution in [1.82, 2.24) is 0 Å². The third-order valence-corrected chi connectivity index (χ3v) is 2.08. The summed E-state index contributed by atoms with van der Waals surface area (Å²) in [5.41, 5.74) is 5.78. The van der Waals surface area contributed by atoms with Gasteiger partial charge in [-0.1, -0.05) is 12.2 Å². The Kier molecular flexibility index (Phi) is 5.06. The molecule has 0 saturated carbocycles. The number of nitrogens with two attached hydrogens (primary N) is 1. The molecule has 0 spiro atoms. The second-order valence-electron chi connectivity index (χ2n) is 5.00. The Labute approximate surface area is 112 Å². The van der Waals surface area contributed by atoms with Crippen LogP contribution in [0.4, 0.5) is 14.9 Å². The Morgan fingerprint density at radius 1 is 1.47 bits per heavy atom. The van der Waals surface area contributed by atoms with Crippen LogP contribution in [0.5, 0.6) is 0 Å². The smallest absolute Gasteiger partial charge is 0.412 e. The lowest BCUT2D eigenvalue weighted by Gasteiger charge is -2.20. The van der Waals surface area contributed by atoms with Crippen molar-refractivity contribution in [3.8, 4) is 0 Å². The second-order valence-corrected chi connectivity index (χ2v) is 5.00. The minimum atomic E-state index is -0.586. The van der Waals surface area contributed by atoms with E-state index in [1.54, 1.807) is 32.9 Å². The summed E-state index contributed by atoms with van der Waals surface area (Å²) in [5.74, 6) is -0.383. The minimum Gasteiger partial charge on any atom is -0.444 e. The van der Waals surface area contributed by atoms with E-state index in [-0.39, 0.29) is 5.82 Å². The van der Waals surface area contributed by atoms with Gasteiger partial charge >= 0.3 is 6.09 Å². The van der Waals surface area contributed by atoms with E-state index in [0.717, 1.165) is 0 Å². The maximum Gasteiger partial charge on any atom is 0.412 e. The lowest BCUT2D eigenvalue weighted by Crippen LogP contribution is -2.27. The molecule has 0 aliphatic rings. The van der Waals surface area contributed by atoms with Crippen LogP contribution in [-0.2, 0) is 4.74 Å². The standard InChI is InChI=1S/C14H19FN2O2/c1-14(2,3)19-13(18)17-12-7-6-11(15)9-10(12)5-4-8-16/h4-7,9H,8,16H2,1-3H3,(H,17,18)/b5-4+. The molecule has 19 heavy (non-hydrogen) atoms. The van der Waals surface area contributed by atoms with E-state index in [2.05, 4.69) is 5.32 Å². The highest BCUT2D eigenvalue weighted by molar-refractivity contribution is 5.88. The van der Waals surface area contributed by atoms with E-state index in [1.165, 1.54) is 18.2 Å². The summed E-state index contributed by atoms with van der Waals surface area (Å²) in [5, 5.41) is 2.58. The number of hydrogen-bond donors (Lipinski definition) is 2. The van der Waals surface area contributed by atoms with Crippen molar-refractivity contribution in [2.75, 3.05) is 11.9 Å². The first-order valence-electron chi connectivity index (χ1n) is 5.98.